The number of hydrogen-bond acceptors (Lipinski definition) is 7. The minimum absolute atomic E-state index is 0.163. The molecule has 0 unspecified atom stereocenters. The molecule has 0 aromatic heterocycles. The maximum absolute atomic E-state index is 5.82. The normalized spacial score (nSPS) is 12.9. The Balaban J connectivity index is 0.000000255. The van der Waals surface area contributed by atoms with Crippen molar-refractivity contribution in [2.24, 2.45) is 0 Å². The standard InChI is InChI=1S/C19H24N2O4.C10H12O.2ClH.Ru/c1-22-14-7-5-8-15(23-2)18(14)20-11-12-21(13-20)19-16(24-3)9-6-10-17(19)25-4;1-8(2)11-10-7-5-4-6-9(10)3;;;/h5-10H,11-13H2,1-4H3;3-8H,1-2H3;2*1H;/q;;;;+2/p-2. The average molecular weight is 665 g/mol. The fraction of sp³-hybridized carbons (Fsp3) is 0.345. The third-order valence-corrected chi connectivity index (χ3v) is 7.72. The average Bonchev–Trinajstić information content (AvgIpc) is 3.42. The van der Waals surface area contributed by atoms with E-state index < -0.39 is 13.5 Å². The van der Waals surface area contributed by atoms with Crippen LogP contribution in [0.1, 0.15) is 19.4 Å². The van der Waals surface area contributed by atoms with Crippen LogP contribution in [0.25, 0.3) is 0 Å². The summed E-state index contributed by atoms with van der Waals surface area (Å²) in [7, 11) is 18.3. The van der Waals surface area contributed by atoms with Gasteiger partial charge in [0.2, 0.25) is 0 Å². The van der Waals surface area contributed by atoms with Crippen LogP contribution < -0.4 is 33.5 Å². The number of hydrogen-bond donors (Lipinski definition) is 0. The van der Waals surface area contributed by atoms with E-state index in [2.05, 4.69) is 9.80 Å². The first kappa shape index (κ1) is 30.9. The van der Waals surface area contributed by atoms with Gasteiger partial charge in [0, 0.05) is 13.1 Å². The zero-order valence-electron chi connectivity index (χ0n) is 23.1. The Bertz CT molecular complexity index is 1150. The molecular formula is C29H36Cl2N2O5Ru. The van der Waals surface area contributed by atoms with Gasteiger partial charge in [0.1, 0.15) is 34.4 Å². The van der Waals surface area contributed by atoms with Crippen LogP contribution in [-0.4, -0.2) is 58.9 Å². The van der Waals surface area contributed by atoms with E-state index in [1.165, 1.54) is 0 Å². The molecule has 0 N–H and O–H groups in total. The smallest absolute Gasteiger partial charge is 0.146 e. The molecule has 7 nitrogen and oxygen atoms in total. The fourth-order valence-corrected chi connectivity index (χ4v) is 6.06. The maximum atomic E-state index is 5.82. The molecular weight excluding hydrogens is 628 g/mol. The topological polar surface area (TPSA) is 52.6 Å². The van der Waals surface area contributed by atoms with Crippen LogP contribution >= 0.6 is 19.4 Å². The van der Waals surface area contributed by atoms with Gasteiger partial charge in [-0.25, -0.2) is 0 Å². The molecule has 3 aromatic carbocycles. The second-order valence-corrected chi connectivity index (χ2v) is 14.4. The zero-order chi connectivity index (χ0) is 28.4. The molecule has 39 heavy (non-hydrogen) atoms. The van der Waals surface area contributed by atoms with Crippen molar-refractivity contribution in [3.8, 4) is 28.7 Å². The van der Waals surface area contributed by atoms with Crippen molar-refractivity contribution in [2.45, 2.75) is 20.0 Å². The van der Waals surface area contributed by atoms with Crippen molar-refractivity contribution in [3.63, 3.8) is 0 Å². The molecule has 0 saturated carbocycles. The summed E-state index contributed by atoms with van der Waals surface area (Å²) < 4.78 is 29.7. The number of ether oxygens (including phenoxy) is 5. The van der Waals surface area contributed by atoms with E-state index >= 15 is 0 Å². The van der Waals surface area contributed by atoms with E-state index in [4.69, 9.17) is 43.1 Å². The van der Waals surface area contributed by atoms with Gasteiger partial charge in [0.05, 0.1) is 35.1 Å². The predicted octanol–water partition coefficient (Wildman–Crippen LogP) is 6.56. The van der Waals surface area contributed by atoms with Gasteiger partial charge in [0.25, 0.3) is 0 Å². The Morgan fingerprint density at radius 3 is 1.46 bits per heavy atom. The van der Waals surface area contributed by atoms with Crippen molar-refractivity contribution in [2.75, 3.05) is 58.0 Å². The molecule has 0 aliphatic carbocycles. The van der Waals surface area contributed by atoms with Gasteiger partial charge in [-0.15, -0.1) is 0 Å². The molecule has 3 aromatic rings. The van der Waals surface area contributed by atoms with E-state index in [9.17, 15) is 0 Å². The van der Waals surface area contributed by atoms with Crippen LogP contribution in [0.4, 0.5) is 11.4 Å². The van der Waals surface area contributed by atoms with Crippen molar-refractivity contribution < 1.29 is 37.2 Å². The van der Waals surface area contributed by atoms with E-state index in [1.807, 2.05) is 79.1 Å². The molecule has 0 spiro atoms. The monoisotopic (exact) mass is 664 g/mol. The van der Waals surface area contributed by atoms with Crippen LogP contribution in [0.2, 0.25) is 0 Å². The van der Waals surface area contributed by atoms with E-state index in [0.717, 1.165) is 58.8 Å². The van der Waals surface area contributed by atoms with Crippen LogP contribution in [0, 0.1) is 0 Å². The van der Waals surface area contributed by atoms with Gasteiger partial charge in [0.15, 0.2) is 0 Å². The molecule has 10 heteroatoms. The molecule has 4 rings (SSSR count). The molecule has 1 aliphatic rings. The molecule has 214 valence electrons. The predicted molar refractivity (Wildman–Crippen MR) is 158 cm³/mol. The zero-order valence-corrected chi connectivity index (χ0v) is 26.3. The van der Waals surface area contributed by atoms with Gasteiger partial charge in [-0.2, -0.15) is 0 Å². The molecule has 0 bridgehead atoms. The third kappa shape index (κ3) is 8.17. The van der Waals surface area contributed by atoms with E-state index in [-0.39, 0.29) is 6.10 Å². The quantitative estimate of drug-likeness (QED) is 0.241. The number of nitrogens with zero attached hydrogens (tertiary/aromatic N) is 2. The molecule has 0 amide bonds. The van der Waals surface area contributed by atoms with Gasteiger partial charge in [-0.1, -0.05) is 12.1 Å². The molecule has 1 aliphatic heterocycles. The second-order valence-electron chi connectivity index (χ2n) is 8.70. The molecule has 0 radical (unpaired) electrons. The third-order valence-electron chi connectivity index (χ3n) is 5.89. The molecule has 1 saturated heterocycles. The Labute approximate surface area is 244 Å². The Kier molecular flexibility index (Phi) is 12.0. The summed E-state index contributed by atoms with van der Waals surface area (Å²) in [6, 6.07) is 19.4. The van der Waals surface area contributed by atoms with Gasteiger partial charge in [-0.3, -0.25) is 0 Å². The number of methoxy groups -OCH3 is 4. The van der Waals surface area contributed by atoms with E-state index in [0.29, 0.717) is 6.67 Å². The number of rotatable bonds is 9. The minimum Gasteiger partial charge on any atom is -0.494 e. The van der Waals surface area contributed by atoms with Gasteiger partial charge < -0.3 is 28.7 Å². The van der Waals surface area contributed by atoms with Crippen LogP contribution in [-0.2, 0) is 13.5 Å². The summed E-state index contributed by atoms with van der Waals surface area (Å²) in [6.07, 6.45) is 0.163. The maximum Gasteiger partial charge on any atom is 0.146 e. The van der Waals surface area contributed by atoms with Crippen molar-refractivity contribution >= 4 is 35.4 Å². The molecule has 1 heterocycles. The SMILES string of the molecule is CC(C)Oc1ccccc1[CH]=[Ru]([Cl])[Cl].COc1cccc(OC)c1N1CCN(c2c(OC)cccc2OC)C1. The summed E-state index contributed by atoms with van der Waals surface area (Å²) in [4.78, 5) is 4.48. The number of para-hydroxylation sites is 3. The molecule has 1 fully saturated rings. The van der Waals surface area contributed by atoms with Gasteiger partial charge >= 0.3 is 97.8 Å². The first-order valence-corrected chi connectivity index (χ1v) is 17.8. The molecule has 0 atom stereocenters. The number of halogens is 2. The van der Waals surface area contributed by atoms with Crippen LogP contribution in [0.5, 0.6) is 28.7 Å². The van der Waals surface area contributed by atoms with Crippen molar-refractivity contribution in [3.05, 3.63) is 66.2 Å². The number of benzene rings is 3. The fourth-order valence-electron chi connectivity index (χ4n) is 4.25. The minimum atomic E-state index is -1.77. The van der Waals surface area contributed by atoms with E-state index in [1.54, 1.807) is 28.4 Å². The summed E-state index contributed by atoms with van der Waals surface area (Å²) in [5.74, 6) is 4.05. The van der Waals surface area contributed by atoms with Gasteiger partial charge in [-0.05, 0) is 24.3 Å². The summed E-state index contributed by atoms with van der Waals surface area (Å²) >= 11 is -1.77. The van der Waals surface area contributed by atoms with Crippen molar-refractivity contribution in [1.82, 2.24) is 0 Å². The van der Waals surface area contributed by atoms with Crippen LogP contribution in [0.15, 0.2) is 60.7 Å². The summed E-state index contributed by atoms with van der Waals surface area (Å²) in [6.45, 7) is 6.37. The Morgan fingerprint density at radius 1 is 0.667 bits per heavy atom. The first-order chi connectivity index (χ1) is 18.8. The second kappa shape index (κ2) is 15.2. The number of anilines is 2. The Morgan fingerprint density at radius 2 is 1.08 bits per heavy atom. The largest absolute Gasteiger partial charge is 0.494 e. The summed E-state index contributed by atoms with van der Waals surface area (Å²) in [5, 5.41) is 0. The van der Waals surface area contributed by atoms with Crippen molar-refractivity contribution in [1.29, 1.82) is 0 Å². The summed E-state index contributed by atoms with van der Waals surface area (Å²) in [5.41, 5.74) is 2.91. The van der Waals surface area contributed by atoms with Crippen LogP contribution in [0.3, 0.4) is 0 Å². The first-order valence-electron chi connectivity index (χ1n) is 12.3. The Hall–Kier alpha value is -2.67.